The van der Waals surface area contributed by atoms with Crippen LogP contribution in [0.5, 0.6) is 0 Å². The predicted octanol–water partition coefficient (Wildman–Crippen LogP) is 6.54. The van der Waals surface area contributed by atoms with Crippen molar-refractivity contribution in [3.8, 4) is 0 Å². The van der Waals surface area contributed by atoms with Gasteiger partial charge in [-0.3, -0.25) is 4.79 Å². The van der Waals surface area contributed by atoms with Gasteiger partial charge in [-0.05, 0) is 105 Å². The molecule has 4 fully saturated rings. The van der Waals surface area contributed by atoms with Crippen LogP contribution < -0.4 is 0 Å². The summed E-state index contributed by atoms with van der Waals surface area (Å²) in [6.07, 6.45) is 15.3. The number of rotatable bonds is 10. The highest BCUT2D eigenvalue weighted by molar-refractivity contribution is 5.66. The third kappa shape index (κ3) is 6.13. The molecule has 0 bridgehead atoms. The van der Waals surface area contributed by atoms with Gasteiger partial charge >= 0.3 is 5.97 Å². The van der Waals surface area contributed by atoms with Crippen molar-refractivity contribution in [2.75, 3.05) is 0 Å². The number of carbonyl (C=O) groups excluding carboxylic acids is 1. The zero-order chi connectivity index (χ0) is 29.4. The lowest BCUT2D eigenvalue weighted by atomic mass is 9.60. The Labute approximate surface area is 245 Å². The summed E-state index contributed by atoms with van der Waals surface area (Å²) in [5.41, 5.74) is 3.16. The number of nitrogens with zero attached hydrogens (tertiary/aromatic N) is 2. The normalized spacial score (nSPS) is 34.4. The van der Waals surface area contributed by atoms with Crippen molar-refractivity contribution >= 4 is 5.97 Å². The molecule has 226 valence electrons. The lowest BCUT2D eigenvalue weighted by molar-refractivity contribution is -0.149. The molecular formula is C34H50N2O5. The fraction of sp³-hybridized carbons (Fsp3) is 0.735. The highest BCUT2D eigenvalue weighted by Gasteiger charge is 2.57. The van der Waals surface area contributed by atoms with Gasteiger partial charge in [-0.1, -0.05) is 50.2 Å². The second kappa shape index (κ2) is 12.2. The largest absolute Gasteiger partial charge is 0.461 e. The van der Waals surface area contributed by atoms with Crippen LogP contribution >= 0.6 is 0 Å². The summed E-state index contributed by atoms with van der Waals surface area (Å²) < 4.78 is 11.7. The van der Waals surface area contributed by atoms with Gasteiger partial charge in [0.1, 0.15) is 6.10 Å². The van der Waals surface area contributed by atoms with Crippen molar-refractivity contribution in [3.63, 3.8) is 0 Å². The topological polar surface area (TPSA) is 106 Å². The van der Waals surface area contributed by atoms with Gasteiger partial charge in [0.25, 0.3) is 0 Å². The molecule has 4 aliphatic carbocycles. The number of carbonyl (C=O) groups is 1. The van der Waals surface area contributed by atoms with E-state index in [9.17, 15) is 15.0 Å². The highest BCUT2D eigenvalue weighted by atomic mass is 16.5. The lowest BCUT2D eigenvalue weighted by Crippen LogP contribution is -2.37. The van der Waals surface area contributed by atoms with Crippen LogP contribution in [-0.2, 0) is 21.4 Å². The molecular weight excluding hydrogens is 516 g/mol. The summed E-state index contributed by atoms with van der Waals surface area (Å²) in [5, 5.41) is 24.6. The van der Waals surface area contributed by atoms with Crippen molar-refractivity contribution in [2.24, 2.45) is 23.2 Å². The average Bonchev–Trinajstić information content (AvgIpc) is 3.45. The number of aliphatic hydroxyl groups excluding tert-OH is 2. The molecule has 1 aromatic rings. The number of aliphatic hydroxyl groups is 2. The number of esters is 1. The number of aromatic nitrogens is 2. The third-order valence-corrected chi connectivity index (χ3v) is 11.0. The lowest BCUT2D eigenvalue weighted by Gasteiger charge is -2.44. The number of hydrogen-bond acceptors (Lipinski definition) is 7. The molecule has 4 saturated carbocycles. The molecule has 1 heterocycles. The summed E-state index contributed by atoms with van der Waals surface area (Å²) >= 11 is 0. The maximum atomic E-state index is 12.1. The highest BCUT2D eigenvalue weighted by Crippen LogP contribution is 2.60. The predicted molar refractivity (Wildman–Crippen MR) is 158 cm³/mol. The Hall–Kier alpha value is -2.25. The van der Waals surface area contributed by atoms with Crippen LogP contribution in [0.2, 0.25) is 0 Å². The Morgan fingerprint density at radius 1 is 1.22 bits per heavy atom. The van der Waals surface area contributed by atoms with Gasteiger partial charge in [0.2, 0.25) is 5.89 Å². The van der Waals surface area contributed by atoms with E-state index in [1.54, 1.807) is 0 Å². The van der Waals surface area contributed by atoms with Crippen LogP contribution in [-0.4, -0.2) is 44.6 Å². The summed E-state index contributed by atoms with van der Waals surface area (Å²) in [6.45, 7) is 12.6. The Bertz CT molecular complexity index is 1180. The van der Waals surface area contributed by atoms with E-state index in [0.29, 0.717) is 36.5 Å². The molecule has 0 aliphatic heterocycles. The van der Waals surface area contributed by atoms with Crippen molar-refractivity contribution in [1.29, 1.82) is 0 Å². The standard InChI is InChI=1S/C34H50N2O5/c1-6-8-31-35-32(41-36-31)34(17-18-34)30(40-23(4)37)15-10-21(2)27-13-14-28-24(9-7-16-33(27,28)5)11-12-25-19-26(38)20-29(39)22(25)3/h11-12,21,26-30,38-39H,3,6-10,13-20H2,1-2,4-5H3/b24-11+,25-12-/t21-,26-,27-,28+,29+,30+,33-/m1/s1. The van der Waals surface area contributed by atoms with E-state index >= 15 is 0 Å². The molecule has 0 saturated heterocycles. The Kier molecular flexibility index (Phi) is 8.96. The van der Waals surface area contributed by atoms with Crippen molar-refractivity contribution in [2.45, 2.75) is 135 Å². The minimum absolute atomic E-state index is 0.231. The molecule has 1 aromatic heterocycles. The van der Waals surface area contributed by atoms with E-state index in [4.69, 9.17) is 14.2 Å². The molecule has 2 N–H and O–H groups in total. The summed E-state index contributed by atoms with van der Waals surface area (Å²) in [7, 11) is 0. The zero-order valence-electron chi connectivity index (χ0n) is 25.5. The van der Waals surface area contributed by atoms with Gasteiger partial charge in [-0.25, -0.2) is 0 Å². The monoisotopic (exact) mass is 566 g/mol. The van der Waals surface area contributed by atoms with E-state index in [0.717, 1.165) is 61.9 Å². The number of allylic oxidation sites excluding steroid dienone is 3. The Morgan fingerprint density at radius 2 is 2.00 bits per heavy atom. The quantitative estimate of drug-likeness (QED) is 0.310. The van der Waals surface area contributed by atoms with Crippen LogP contribution in [0.4, 0.5) is 0 Å². The number of hydrogen-bond donors (Lipinski definition) is 2. The summed E-state index contributed by atoms with van der Waals surface area (Å²) in [5.74, 6) is 2.83. The summed E-state index contributed by atoms with van der Waals surface area (Å²) in [4.78, 5) is 16.8. The van der Waals surface area contributed by atoms with Crippen LogP contribution in [0, 0.1) is 23.2 Å². The van der Waals surface area contributed by atoms with Gasteiger partial charge in [0, 0.05) is 19.8 Å². The second-order valence-electron chi connectivity index (χ2n) is 13.7. The first kappa shape index (κ1) is 30.2. The smallest absolute Gasteiger partial charge is 0.302 e. The number of fused-ring (bicyclic) bond motifs is 1. The molecule has 41 heavy (non-hydrogen) atoms. The van der Waals surface area contributed by atoms with Crippen molar-refractivity contribution < 1.29 is 24.3 Å². The molecule has 7 nitrogen and oxygen atoms in total. The van der Waals surface area contributed by atoms with Crippen LogP contribution in [0.1, 0.15) is 116 Å². The maximum absolute atomic E-state index is 12.1. The number of aryl methyl sites for hydroxylation is 1. The van der Waals surface area contributed by atoms with Crippen molar-refractivity contribution in [1.82, 2.24) is 10.1 Å². The Morgan fingerprint density at radius 3 is 2.71 bits per heavy atom. The Balaban J connectivity index is 1.27. The molecule has 0 aromatic carbocycles. The molecule has 5 rings (SSSR count). The fourth-order valence-electron chi connectivity index (χ4n) is 8.53. The third-order valence-electron chi connectivity index (χ3n) is 11.0. The first-order valence-electron chi connectivity index (χ1n) is 16.0. The maximum Gasteiger partial charge on any atom is 0.302 e. The van der Waals surface area contributed by atoms with Crippen LogP contribution in [0.3, 0.4) is 0 Å². The number of ether oxygens (including phenoxy) is 1. The second-order valence-corrected chi connectivity index (χ2v) is 13.7. The molecule has 0 spiro atoms. The van der Waals surface area contributed by atoms with Crippen LogP contribution in [0.25, 0.3) is 0 Å². The molecule has 0 amide bonds. The molecule has 0 unspecified atom stereocenters. The minimum Gasteiger partial charge on any atom is -0.461 e. The minimum atomic E-state index is -0.652. The molecule has 4 aliphatic rings. The SMILES string of the molecule is C=C1/C(=C\C=C2/CCC[C@]3(C)[C@@H]([C@H](C)CC[C@H](OC(C)=O)C4(c5nc(CCC)no5)CC4)CC[C@@H]23)C[C@@H](O)C[C@@H]1O. The van der Waals surface area contributed by atoms with Gasteiger partial charge in [-0.2, -0.15) is 4.98 Å². The van der Waals surface area contributed by atoms with E-state index < -0.39 is 12.2 Å². The van der Waals surface area contributed by atoms with Gasteiger partial charge in [0.15, 0.2) is 5.82 Å². The van der Waals surface area contributed by atoms with E-state index in [-0.39, 0.29) is 22.9 Å². The average molecular weight is 567 g/mol. The van der Waals surface area contributed by atoms with E-state index in [1.165, 1.54) is 38.2 Å². The van der Waals surface area contributed by atoms with Crippen LogP contribution in [0.15, 0.2) is 40.0 Å². The van der Waals surface area contributed by atoms with E-state index in [1.807, 2.05) is 0 Å². The fourth-order valence-corrected chi connectivity index (χ4v) is 8.53. The first-order valence-corrected chi connectivity index (χ1v) is 16.0. The van der Waals surface area contributed by atoms with Crippen molar-refractivity contribution in [3.05, 3.63) is 47.2 Å². The van der Waals surface area contributed by atoms with Gasteiger partial charge in [0.05, 0.1) is 17.6 Å². The van der Waals surface area contributed by atoms with E-state index in [2.05, 4.69) is 44.7 Å². The zero-order valence-corrected chi connectivity index (χ0v) is 25.5. The van der Waals surface area contributed by atoms with Gasteiger partial charge in [-0.15, -0.1) is 0 Å². The molecule has 0 radical (unpaired) electrons. The van der Waals surface area contributed by atoms with Gasteiger partial charge < -0.3 is 19.5 Å². The molecule has 7 atom stereocenters. The summed E-state index contributed by atoms with van der Waals surface area (Å²) in [6, 6.07) is 0. The first-order chi connectivity index (χ1) is 19.6. The molecule has 7 heteroatoms.